The maximum Gasteiger partial charge on any atom is 0.264 e. The van der Waals surface area contributed by atoms with Crippen molar-refractivity contribution in [2.24, 2.45) is 0 Å². The number of ether oxygens (including phenoxy) is 1. The van der Waals surface area contributed by atoms with Gasteiger partial charge >= 0.3 is 0 Å². The monoisotopic (exact) mass is 438 g/mol. The summed E-state index contributed by atoms with van der Waals surface area (Å²) in [7, 11) is -2.54. The van der Waals surface area contributed by atoms with Crippen LogP contribution in [0.5, 0.6) is 5.75 Å². The summed E-state index contributed by atoms with van der Waals surface area (Å²) in [4.78, 5) is 13.0. The molecule has 0 saturated carbocycles. The van der Waals surface area contributed by atoms with Gasteiger partial charge in [0, 0.05) is 0 Å². The van der Waals surface area contributed by atoms with E-state index in [-0.39, 0.29) is 17.5 Å². The molecule has 7 heteroatoms. The van der Waals surface area contributed by atoms with Gasteiger partial charge in [-0.3, -0.25) is 9.10 Å². The highest BCUT2D eigenvalue weighted by atomic mass is 32.2. The Morgan fingerprint density at radius 2 is 1.61 bits per heavy atom. The van der Waals surface area contributed by atoms with Gasteiger partial charge in [-0.15, -0.1) is 0 Å². The van der Waals surface area contributed by atoms with Crippen LogP contribution in [0.2, 0.25) is 0 Å². The molecule has 1 N–H and O–H groups in total. The molecule has 0 radical (unpaired) electrons. The number of carbonyl (C=O) groups is 1. The van der Waals surface area contributed by atoms with Crippen molar-refractivity contribution in [2.45, 2.75) is 24.8 Å². The predicted octanol–water partition coefficient (Wildman–Crippen LogP) is 4.08. The minimum absolute atomic E-state index is 0.0995. The molecule has 0 aromatic heterocycles. The topological polar surface area (TPSA) is 75.7 Å². The fourth-order valence-electron chi connectivity index (χ4n) is 3.26. The number of carbonyl (C=O) groups excluding carboxylic acids is 1. The number of hydrogen-bond donors (Lipinski definition) is 1. The molecule has 0 aliphatic carbocycles. The molecular weight excluding hydrogens is 412 g/mol. The lowest BCUT2D eigenvalue weighted by Gasteiger charge is -2.26. The average Bonchev–Trinajstić information content (AvgIpc) is 2.78. The molecular formula is C24H26N2O4S. The summed E-state index contributed by atoms with van der Waals surface area (Å²) >= 11 is 0. The fourth-order valence-corrected chi connectivity index (χ4v) is 4.70. The third kappa shape index (κ3) is 5.24. The molecule has 1 atom stereocenters. The minimum atomic E-state index is -4.01. The number of sulfonamides is 1. The molecule has 6 nitrogen and oxygen atoms in total. The molecule has 0 bridgehead atoms. The van der Waals surface area contributed by atoms with Crippen molar-refractivity contribution in [3.8, 4) is 5.75 Å². The van der Waals surface area contributed by atoms with Crippen LogP contribution in [0.1, 0.15) is 24.1 Å². The molecule has 0 saturated heterocycles. The zero-order valence-electron chi connectivity index (χ0n) is 17.8. The van der Waals surface area contributed by atoms with Crippen LogP contribution in [-0.2, 0) is 14.8 Å². The van der Waals surface area contributed by atoms with E-state index in [1.807, 2.05) is 50.2 Å². The van der Waals surface area contributed by atoms with Crippen molar-refractivity contribution in [3.05, 3.63) is 90.0 Å². The van der Waals surface area contributed by atoms with Gasteiger partial charge in [0.15, 0.2) is 0 Å². The summed E-state index contributed by atoms with van der Waals surface area (Å²) in [5, 5.41) is 2.89. The van der Waals surface area contributed by atoms with Gasteiger partial charge in [-0.05, 0) is 49.2 Å². The summed E-state index contributed by atoms with van der Waals surface area (Å²) in [5.41, 5.74) is 2.09. The Bertz CT molecular complexity index is 1130. The maximum atomic E-state index is 13.5. The van der Waals surface area contributed by atoms with E-state index < -0.39 is 15.9 Å². The molecule has 0 spiro atoms. The third-order valence-electron chi connectivity index (χ3n) is 4.90. The Hall–Kier alpha value is -3.32. The molecule has 0 heterocycles. The third-order valence-corrected chi connectivity index (χ3v) is 6.67. The second kappa shape index (κ2) is 9.66. The molecule has 31 heavy (non-hydrogen) atoms. The normalized spacial score (nSPS) is 12.1. The second-order valence-corrected chi connectivity index (χ2v) is 9.06. The van der Waals surface area contributed by atoms with Gasteiger partial charge in [0.2, 0.25) is 5.91 Å². The van der Waals surface area contributed by atoms with Crippen molar-refractivity contribution >= 4 is 21.6 Å². The quantitative estimate of drug-likeness (QED) is 0.575. The highest BCUT2D eigenvalue weighted by Gasteiger charge is 2.29. The summed E-state index contributed by atoms with van der Waals surface area (Å²) in [6.07, 6.45) is 0. The Balaban J connectivity index is 1.97. The predicted molar refractivity (Wildman–Crippen MR) is 122 cm³/mol. The van der Waals surface area contributed by atoms with Gasteiger partial charge in [-0.2, -0.15) is 0 Å². The van der Waals surface area contributed by atoms with E-state index in [0.29, 0.717) is 11.4 Å². The zero-order valence-corrected chi connectivity index (χ0v) is 18.6. The number of anilines is 1. The lowest BCUT2D eigenvalue weighted by atomic mass is 10.1. The van der Waals surface area contributed by atoms with Crippen LogP contribution in [0.15, 0.2) is 83.8 Å². The first-order valence-corrected chi connectivity index (χ1v) is 11.3. The Morgan fingerprint density at radius 1 is 1.00 bits per heavy atom. The second-order valence-electron chi connectivity index (χ2n) is 7.20. The summed E-state index contributed by atoms with van der Waals surface area (Å²) in [6.45, 7) is 3.33. The molecule has 3 rings (SSSR count). The molecule has 1 amide bonds. The smallest absolute Gasteiger partial charge is 0.264 e. The van der Waals surface area contributed by atoms with Crippen molar-refractivity contribution in [1.29, 1.82) is 0 Å². The fraction of sp³-hybridized carbons (Fsp3) is 0.208. The first-order valence-electron chi connectivity index (χ1n) is 9.89. The molecule has 0 aliphatic heterocycles. The van der Waals surface area contributed by atoms with Crippen LogP contribution in [-0.4, -0.2) is 28.0 Å². The number of amides is 1. The van der Waals surface area contributed by atoms with E-state index in [1.165, 1.54) is 19.2 Å². The number of methoxy groups -OCH3 is 1. The molecule has 3 aromatic rings. The molecule has 0 unspecified atom stereocenters. The van der Waals surface area contributed by atoms with E-state index in [4.69, 9.17) is 4.74 Å². The Morgan fingerprint density at radius 3 is 2.23 bits per heavy atom. The van der Waals surface area contributed by atoms with Crippen molar-refractivity contribution in [2.75, 3.05) is 18.0 Å². The Labute approximate surface area is 183 Å². The Kier molecular flexibility index (Phi) is 6.97. The van der Waals surface area contributed by atoms with E-state index >= 15 is 0 Å². The van der Waals surface area contributed by atoms with E-state index in [1.54, 1.807) is 30.3 Å². The number of rotatable bonds is 8. The SMILES string of the molecule is COc1ccc(C)cc1N(CC(=O)N[C@@H](C)c1ccccc1)S(=O)(=O)c1ccccc1. The summed E-state index contributed by atoms with van der Waals surface area (Å²) < 4.78 is 33.5. The zero-order chi connectivity index (χ0) is 22.4. The molecule has 0 aliphatic rings. The van der Waals surface area contributed by atoms with Gasteiger partial charge in [-0.1, -0.05) is 54.6 Å². The van der Waals surface area contributed by atoms with Crippen LogP contribution in [0.25, 0.3) is 0 Å². The average molecular weight is 439 g/mol. The highest BCUT2D eigenvalue weighted by Crippen LogP contribution is 2.33. The van der Waals surface area contributed by atoms with Crippen molar-refractivity contribution < 1.29 is 17.9 Å². The van der Waals surface area contributed by atoms with Crippen LogP contribution in [0.3, 0.4) is 0 Å². The van der Waals surface area contributed by atoms with E-state index in [0.717, 1.165) is 15.4 Å². The van der Waals surface area contributed by atoms with Gasteiger partial charge in [0.05, 0.1) is 23.7 Å². The first kappa shape index (κ1) is 22.4. The van der Waals surface area contributed by atoms with Gasteiger partial charge in [-0.25, -0.2) is 8.42 Å². The van der Waals surface area contributed by atoms with Crippen molar-refractivity contribution in [1.82, 2.24) is 5.32 Å². The molecule has 3 aromatic carbocycles. The van der Waals surface area contributed by atoms with Crippen LogP contribution in [0, 0.1) is 6.92 Å². The molecule has 162 valence electrons. The summed E-state index contributed by atoms with van der Waals surface area (Å²) in [6, 6.07) is 22.5. The lowest BCUT2D eigenvalue weighted by Crippen LogP contribution is -2.41. The van der Waals surface area contributed by atoms with Gasteiger partial charge < -0.3 is 10.1 Å². The van der Waals surface area contributed by atoms with E-state index in [2.05, 4.69) is 5.32 Å². The lowest BCUT2D eigenvalue weighted by molar-refractivity contribution is -0.120. The number of nitrogens with one attached hydrogen (secondary N) is 1. The van der Waals surface area contributed by atoms with E-state index in [9.17, 15) is 13.2 Å². The van der Waals surface area contributed by atoms with Crippen LogP contribution < -0.4 is 14.4 Å². The van der Waals surface area contributed by atoms with Gasteiger partial charge in [0.1, 0.15) is 12.3 Å². The largest absolute Gasteiger partial charge is 0.495 e. The number of hydrogen-bond acceptors (Lipinski definition) is 4. The number of aryl methyl sites for hydroxylation is 1. The van der Waals surface area contributed by atoms with Gasteiger partial charge in [0.25, 0.3) is 10.0 Å². The summed E-state index contributed by atoms with van der Waals surface area (Å²) in [5.74, 6) is -0.0477. The highest BCUT2D eigenvalue weighted by molar-refractivity contribution is 7.92. The standard InChI is InChI=1S/C24H26N2O4S/c1-18-14-15-23(30-3)22(16-18)26(31(28,29)21-12-8-5-9-13-21)17-24(27)25-19(2)20-10-6-4-7-11-20/h4-16,19H,17H2,1-3H3,(H,25,27)/t19-/m0/s1. The maximum absolute atomic E-state index is 13.5. The number of benzene rings is 3. The van der Waals surface area contributed by atoms with Crippen LogP contribution >= 0.6 is 0 Å². The van der Waals surface area contributed by atoms with Crippen molar-refractivity contribution in [3.63, 3.8) is 0 Å². The van der Waals surface area contributed by atoms with Crippen LogP contribution in [0.4, 0.5) is 5.69 Å². The molecule has 0 fully saturated rings. The minimum Gasteiger partial charge on any atom is -0.495 e. The first-order chi connectivity index (χ1) is 14.8. The number of nitrogens with zero attached hydrogens (tertiary/aromatic N) is 1.